The number of rotatable bonds is 6. The van der Waals surface area contributed by atoms with Crippen molar-refractivity contribution in [3.63, 3.8) is 0 Å². The van der Waals surface area contributed by atoms with Gasteiger partial charge in [-0.25, -0.2) is 0 Å². The van der Waals surface area contributed by atoms with Gasteiger partial charge in [-0.05, 0) is 42.0 Å². The monoisotopic (exact) mass is 296 g/mol. The van der Waals surface area contributed by atoms with Gasteiger partial charge in [0.15, 0.2) is 6.61 Å². The topological polar surface area (TPSA) is 71.3 Å². The van der Waals surface area contributed by atoms with E-state index in [2.05, 4.69) is 5.32 Å². The Balaban J connectivity index is 1.76. The summed E-state index contributed by atoms with van der Waals surface area (Å²) >= 11 is 0. The van der Waals surface area contributed by atoms with E-state index in [0.29, 0.717) is 17.9 Å². The highest BCUT2D eigenvalue weighted by atomic mass is 16.5. The summed E-state index contributed by atoms with van der Waals surface area (Å²) in [6.07, 6.45) is 0. The minimum Gasteiger partial charge on any atom is -0.497 e. The van der Waals surface area contributed by atoms with Crippen molar-refractivity contribution < 1.29 is 14.3 Å². The fraction of sp³-hybridized carbons (Fsp3) is 0.176. The average Bonchev–Trinajstić information content (AvgIpc) is 2.59. The lowest BCUT2D eigenvalue weighted by Crippen LogP contribution is -2.28. The molecule has 0 atom stereocenters. The zero-order valence-corrected chi connectivity index (χ0v) is 12.2. The molecule has 1 amide bonds. The lowest BCUT2D eigenvalue weighted by molar-refractivity contribution is -0.123. The number of nitriles is 1. The number of hydrogen-bond acceptors (Lipinski definition) is 4. The summed E-state index contributed by atoms with van der Waals surface area (Å²) in [5.74, 6) is 1.13. The van der Waals surface area contributed by atoms with Crippen molar-refractivity contribution in [1.29, 1.82) is 5.26 Å². The number of amides is 1. The number of methoxy groups -OCH3 is 1. The van der Waals surface area contributed by atoms with E-state index in [1.54, 1.807) is 43.5 Å². The molecule has 5 heteroatoms. The Hall–Kier alpha value is -3.00. The molecular formula is C17H16N2O3. The third-order valence-electron chi connectivity index (χ3n) is 3.00. The van der Waals surface area contributed by atoms with Gasteiger partial charge in [-0.3, -0.25) is 4.79 Å². The summed E-state index contributed by atoms with van der Waals surface area (Å²) in [6.45, 7) is 0.346. The maximum Gasteiger partial charge on any atom is 0.258 e. The Morgan fingerprint density at radius 2 is 1.73 bits per heavy atom. The molecule has 22 heavy (non-hydrogen) atoms. The predicted molar refractivity (Wildman–Crippen MR) is 81.5 cm³/mol. The van der Waals surface area contributed by atoms with Gasteiger partial charge in [0, 0.05) is 6.54 Å². The molecule has 2 aromatic rings. The highest BCUT2D eigenvalue weighted by Crippen LogP contribution is 2.16. The first-order chi connectivity index (χ1) is 10.7. The number of nitrogens with one attached hydrogen (secondary N) is 1. The largest absolute Gasteiger partial charge is 0.497 e. The first kappa shape index (κ1) is 15.4. The van der Waals surface area contributed by atoms with Gasteiger partial charge >= 0.3 is 0 Å². The Morgan fingerprint density at radius 1 is 1.09 bits per heavy atom. The van der Waals surface area contributed by atoms with E-state index in [9.17, 15) is 4.79 Å². The first-order valence-electron chi connectivity index (χ1n) is 6.74. The minimum atomic E-state index is -0.208. The lowest BCUT2D eigenvalue weighted by atomic mass is 10.1. The van der Waals surface area contributed by atoms with Gasteiger partial charge in [0.1, 0.15) is 11.5 Å². The van der Waals surface area contributed by atoms with Crippen LogP contribution in [0.5, 0.6) is 11.5 Å². The minimum absolute atomic E-state index is 0.0530. The van der Waals surface area contributed by atoms with Gasteiger partial charge in [0.25, 0.3) is 5.91 Å². The summed E-state index contributed by atoms with van der Waals surface area (Å²) < 4.78 is 10.4. The van der Waals surface area contributed by atoms with Crippen LogP contribution in [0.4, 0.5) is 0 Å². The van der Waals surface area contributed by atoms with Crippen LogP contribution in [0.25, 0.3) is 0 Å². The molecule has 0 fully saturated rings. The van der Waals surface area contributed by atoms with Crippen molar-refractivity contribution >= 4 is 5.91 Å². The van der Waals surface area contributed by atoms with Crippen LogP contribution in [-0.2, 0) is 11.3 Å². The van der Waals surface area contributed by atoms with E-state index in [1.807, 2.05) is 18.2 Å². The molecule has 0 aliphatic rings. The van der Waals surface area contributed by atoms with Crippen LogP contribution in [0.15, 0.2) is 48.5 Å². The average molecular weight is 296 g/mol. The van der Waals surface area contributed by atoms with Gasteiger partial charge in [-0.2, -0.15) is 5.26 Å². The molecule has 1 N–H and O–H groups in total. The van der Waals surface area contributed by atoms with Crippen LogP contribution >= 0.6 is 0 Å². The van der Waals surface area contributed by atoms with Gasteiger partial charge in [-0.15, -0.1) is 0 Å². The van der Waals surface area contributed by atoms with Crippen LogP contribution in [0, 0.1) is 11.3 Å². The molecule has 112 valence electrons. The van der Waals surface area contributed by atoms with Crippen LogP contribution in [0.3, 0.4) is 0 Å². The molecule has 0 radical (unpaired) electrons. The maximum atomic E-state index is 11.7. The normalized spacial score (nSPS) is 9.64. The van der Waals surface area contributed by atoms with Crippen molar-refractivity contribution in [2.24, 2.45) is 0 Å². The molecule has 0 bridgehead atoms. The quantitative estimate of drug-likeness (QED) is 0.887. The Morgan fingerprint density at radius 3 is 2.32 bits per heavy atom. The zero-order chi connectivity index (χ0) is 15.8. The standard InChI is InChI=1S/C17H16N2O3/c1-21-15-6-8-16(9-7-15)22-12-17(20)19-11-14-4-2-13(10-18)3-5-14/h2-9H,11-12H2,1H3,(H,19,20). The van der Waals surface area contributed by atoms with Gasteiger partial charge in [0.05, 0.1) is 18.7 Å². The van der Waals surface area contributed by atoms with Crippen LogP contribution < -0.4 is 14.8 Å². The van der Waals surface area contributed by atoms with Crippen LogP contribution in [0.1, 0.15) is 11.1 Å². The van der Waals surface area contributed by atoms with E-state index in [1.165, 1.54) is 0 Å². The third-order valence-corrected chi connectivity index (χ3v) is 3.00. The fourth-order valence-electron chi connectivity index (χ4n) is 1.77. The van der Waals surface area contributed by atoms with E-state index in [4.69, 9.17) is 14.7 Å². The second-order valence-electron chi connectivity index (χ2n) is 4.55. The summed E-state index contributed by atoms with van der Waals surface area (Å²) in [4.78, 5) is 11.7. The molecule has 0 heterocycles. The highest BCUT2D eigenvalue weighted by molar-refractivity contribution is 5.77. The molecular weight excluding hydrogens is 280 g/mol. The van der Waals surface area contributed by atoms with Crippen molar-refractivity contribution in [3.8, 4) is 17.6 Å². The smallest absolute Gasteiger partial charge is 0.258 e. The van der Waals surface area contributed by atoms with E-state index in [0.717, 1.165) is 11.3 Å². The van der Waals surface area contributed by atoms with Crippen LogP contribution in [0.2, 0.25) is 0 Å². The number of carbonyl (C=O) groups excluding carboxylic acids is 1. The molecule has 0 spiro atoms. The lowest BCUT2D eigenvalue weighted by Gasteiger charge is -2.08. The van der Waals surface area contributed by atoms with Crippen LogP contribution in [-0.4, -0.2) is 19.6 Å². The number of benzene rings is 2. The number of carbonyl (C=O) groups is 1. The number of nitrogens with zero attached hydrogens (tertiary/aromatic N) is 1. The van der Waals surface area contributed by atoms with E-state index >= 15 is 0 Å². The summed E-state index contributed by atoms with van der Waals surface area (Å²) in [5, 5.41) is 11.5. The molecule has 0 unspecified atom stereocenters. The van der Waals surface area contributed by atoms with Crippen molar-refractivity contribution in [2.75, 3.05) is 13.7 Å². The number of ether oxygens (including phenoxy) is 2. The second-order valence-corrected chi connectivity index (χ2v) is 4.55. The van der Waals surface area contributed by atoms with Crippen molar-refractivity contribution in [1.82, 2.24) is 5.32 Å². The predicted octanol–water partition coefficient (Wildman–Crippen LogP) is 2.26. The Labute approximate surface area is 129 Å². The molecule has 2 rings (SSSR count). The van der Waals surface area contributed by atoms with Gasteiger partial charge in [0.2, 0.25) is 0 Å². The highest BCUT2D eigenvalue weighted by Gasteiger charge is 2.03. The van der Waals surface area contributed by atoms with Gasteiger partial charge in [-0.1, -0.05) is 12.1 Å². The molecule has 2 aromatic carbocycles. The fourth-order valence-corrected chi connectivity index (χ4v) is 1.77. The maximum absolute atomic E-state index is 11.7. The van der Waals surface area contributed by atoms with E-state index in [-0.39, 0.29) is 12.5 Å². The van der Waals surface area contributed by atoms with Crippen molar-refractivity contribution in [2.45, 2.75) is 6.54 Å². The zero-order valence-electron chi connectivity index (χ0n) is 12.2. The molecule has 5 nitrogen and oxygen atoms in total. The van der Waals surface area contributed by atoms with Crippen molar-refractivity contribution in [3.05, 3.63) is 59.7 Å². The first-order valence-corrected chi connectivity index (χ1v) is 6.74. The van der Waals surface area contributed by atoms with E-state index < -0.39 is 0 Å². The summed E-state index contributed by atoms with van der Waals surface area (Å²) in [5.41, 5.74) is 1.52. The molecule has 0 saturated carbocycles. The second kappa shape index (κ2) is 7.70. The SMILES string of the molecule is COc1ccc(OCC(=O)NCc2ccc(C#N)cc2)cc1. The Bertz CT molecular complexity index is 658. The summed E-state index contributed by atoms with van der Waals surface area (Å²) in [6, 6.07) is 16.1. The number of hydrogen-bond donors (Lipinski definition) is 1. The molecule has 0 aliphatic heterocycles. The molecule has 0 aromatic heterocycles. The third kappa shape index (κ3) is 4.53. The Kier molecular flexibility index (Phi) is 5.38. The molecule has 0 saturated heterocycles. The molecule has 0 aliphatic carbocycles. The summed E-state index contributed by atoms with van der Waals surface area (Å²) in [7, 11) is 1.59. The van der Waals surface area contributed by atoms with Gasteiger partial charge < -0.3 is 14.8 Å².